The molecule has 65 heavy (non-hydrogen) atoms. The van der Waals surface area contributed by atoms with Crippen molar-refractivity contribution in [1.82, 2.24) is 15.0 Å². The van der Waals surface area contributed by atoms with Crippen LogP contribution in [0.15, 0.2) is 249 Å². The van der Waals surface area contributed by atoms with E-state index in [0.29, 0.717) is 17.5 Å². The predicted octanol–water partition coefficient (Wildman–Crippen LogP) is 15.4. The van der Waals surface area contributed by atoms with Gasteiger partial charge in [0.2, 0.25) is 0 Å². The quantitative estimate of drug-likeness (QED) is 0.153. The molecule has 0 bridgehead atoms. The van der Waals surface area contributed by atoms with E-state index in [-0.39, 0.29) is 0 Å². The van der Waals surface area contributed by atoms with E-state index in [9.17, 15) is 0 Å². The van der Waals surface area contributed by atoms with Gasteiger partial charge in [-0.2, -0.15) is 0 Å². The summed E-state index contributed by atoms with van der Waals surface area (Å²) >= 11 is 0. The molecule has 304 valence electrons. The summed E-state index contributed by atoms with van der Waals surface area (Å²) < 4.78 is 0. The van der Waals surface area contributed by atoms with Gasteiger partial charge in [0.05, 0.1) is 5.41 Å². The van der Waals surface area contributed by atoms with E-state index in [0.717, 1.165) is 33.4 Å². The summed E-state index contributed by atoms with van der Waals surface area (Å²) in [6, 6.07) is 89.3. The zero-order chi connectivity index (χ0) is 43.2. The molecular weight excluding hydrogens is 787 g/mol. The minimum absolute atomic E-state index is 0.517. The Bertz CT molecular complexity index is 3410. The van der Waals surface area contributed by atoms with E-state index in [1.54, 1.807) is 0 Å². The van der Waals surface area contributed by atoms with Crippen molar-refractivity contribution in [3.8, 4) is 78.7 Å². The second-order valence-electron chi connectivity index (χ2n) is 16.7. The summed E-state index contributed by atoms with van der Waals surface area (Å²) in [5.74, 6) is 1.93. The summed E-state index contributed by atoms with van der Waals surface area (Å²) in [5, 5.41) is 2.46. The van der Waals surface area contributed by atoms with Crippen LogP contribution in [0.1, 0.15) is 22.3 Å². The van der Waals surface area contributed by atoms with E-state index in [1.165, 1.54) is 60.8 Å². The van der Waals surface area contributed by atoms with Gasteiger partial charge in [0.25, 0.3) is 0 Å². The number of fused-ring (bicyclic) bond motifs is 4. The number of aromatic nitrogens is 3. The van der Waals surface area contributed by atoms with Gasteiger partial charge >= 0.3 is 0 Å². The average molecular weight is 828 g/mol. The average Bonchev–Trinajstić information content (AvgIpc) is 3.69. The van der Waals surface area contributed by atoms with Gasteiger partial charge in [0.1, 0.15) is 0 Å². The highest BCUT2D eigenvalue weighted by Crippen LogP contribution is 2.58. The summed E-state index contributed by atoms with van der Waals surface area (Å²) in [5.41, 5.74) is 16.9. The van der Waals surface area contributed by atoms with Crippen LogP contribution in [-0.4, -0.2) is 15.0 Å². The van der Waals surface area contributed by atoms with Crippen LogP contribution >= 0.6 is 0 Å². The molecular formula is C62H41N3. The number of hydrogen-bond donors (Lipinski definition) is 0. The first-order chi connectivity index (χ1) is 32.2. The van der Waals surface area contributed by atoms with Crippen LogP contribution in [0.3, 0.4) is 0 Å². The Morgan fingerprint density at radius 2 is 0.723 bits per heavy atom. The zero-order valence-electron chi connectivity index (χ0n) is 35.5. The lowest BCUT2D eigenvalue weighted by Crippen LogP contribution is -2.28. The molecule has 10 aromatic carbocycles. The molecule has 1 aliphatic carbocycles. The minimum Gasteiger partial charge on any atom is -0.208 e. The minimum atomic E-state index is -0.517. The first-order valence-corrected chi connectivity index (χ1v) is 22.2. The molecule has 3 nitrogen and oxygen atoms in total. The molecule has 0 saturated heterocycles. The van der Waals surface area contributed by atoms with E-state index < -0.39 is 5.41 Å². The van der Waals surface area contributed by atoms with Crippen molar-refractivity contribution in [1.29, 1.82) is 0 Å². The molecule has 0 N–H and O–H groups in total. The third-order valence-corrected chi connectivity index (χ3v) is 13.0. The highest BCUT2D eigenvalue weighted by Gasteiger charge is 2.46. The second kappa shape index (κ2) is 16.0. The first-order valence-electron chi connectivity index (χ1n) is 22.2. The number of hydrogen-bond acceptors (Lipinski definition) is 3. The maximum Gasteiger partial charge on any atom is 0.164 e. The van der Waals surface area contributed by atoms with Crippen LogP contribution in [-0.2, 0) is 5.41 Å². The second-order valence-corrected chi connectivity index (χ2v) is 16.7. The van der Waals surface area contributed by atoms with Crippen LogP contribution in [0.25, 0.3) is 89.4 Å². The Morgan fingerprint density at radius 1 is 0.246 bits per heavy atom. The Kier molecular flexibility index (Phi) is 9.39. The molecule has 0 saturated carbocycles. The van der Waals surface area contributed by atoms with E-state index in [4.69, 9.17) is 15.0 Å². The smallest absolute Gasteiger partial charge is 0.164 e. The van der Waals surface area contributed by atoms with Crippen LogP contribution in [0.2, 0.25) is 0 Å². The predicted molar refractivity (Wildman–Crippen MR) is 267 cm³/mol. The Morgan fingerprint density at radius 3 is 1.38 bits per heavy atom. The molecule has 0 spiro atoms. The summed E-state index contributed by atoms with van der Waals surface area (Å²) in [6.45, 7) is 0. The van der Waals surface area contributed by atoms with Gasteiger partial charge in [-0.15, -0.1) is 0 Å². The van der Waals surface area contributed by atoms with Crippen molar-refractivity contribution >= 4 is 10.8 Å². The van der Waals surface area contributed by atoms with Crippen molar-refractivity contribution in [2.45, 2.75) is 5.41 Å². The molecule has 3 heteroatoms. The zero-order valence-corrected chi connectivity index (χ0v) is 35.5. The third kappa shape index (κ3) is 6.56. The molecule has 11 aromatic rings. The fourth-order valence-electron chi connectivity index (χ4n) is 10.0. The van der Waals surface area contributed by atoms with Crippen molar-refractivity contribution in [3.05, 3.63) is 271 Å². The topological polar surface area (TPSA) is 38.7 Å². The Hall–Kier alpha value is -8.53. The van der Waals surface area contributed by atoms with Crippen LogP contribution in [0.5, 0.6) is 0 Å². The van der Waals surface area contributed by atoms with Gasteiger partial charge in [-0.25, -0.2) is 15.0 Å². The summed E-state index contributed by atoms with van der Waals surface area (Å²) in [7, 11) is 0. The maximum atomic E-state index is 5.02. The fraction of sp³-hybridized carbons (Fsp3) is 0.0161. The highest BCUT2D eigenvalue weighted by atomic mass is 15.0. The lowest BCUT2D eigenvalue weighted by Gasteiger charge is -2.34. The molecule has 0 amide bonds. The number of rotatable bonds is 8. The molecule has 0 radical (unpaired) electrons. The van der Waals surface area contributed by atoms with E-state index in [1.807, 2.05) is 60.7 Å². The largest absolute Gasteiger partial charge is 0.208 e. The number of benzene rings is 10. The Labute approximate surface area is 379 Å². The van der Waals surface area contributed by atoms with Crippen molar-refractivity contribution in [3.63, 3.8) is 0 Å². The van der Waals surface area contributed by atoms with Crippen molar-refractivity contribution in [2.75, 3.05) is 0 Å². The van der Waals surface area contributed by atoms with Crippen LogP contribution in [0, 0.1) is 0 Å². The SMILES string of the molecule is c1ccc(-c2nc(-c3ccccc3)nc(-c3cccc(-c4ccc(-c5cc6c(cc5-c5cccc7ccccc57)-c5ccccc5C6(c5ccccc5)c5ccccc5)cc4)c3)n2)cc1. The van der Waals surface area contributed by atoms with Crippen LogP contribution < -0.4 is 0 Å². The molecule has 0 unspecified atom stereocenters. The van der Waals surface area contributed by atoms with Gasteiger partial charge in [0, 0.05) is 16.7 Å². The van der Waals surface area contributed by atoms with Gasteiger partial charge < -0.3 is 0 Å². The molecule has 12 rings (SSSR count). The molecule has 1 aliphatic rings. The maximum absolute atomic E-state index is 5.02. The van der Waals surface area contributed by atoms with Crippen LogP contribution in [0.4, 0.5) is 0 Å². The number of nitrogens with zero attached hydrogens (tertiary/aromatic N) is 3. The van der Waals surface area contributed by atoms with Gasteiger partial charge in [-0.05, 0) is 95.7 Å². The summed E-state index contributed by atoms with van der Waals surface area (Å²) in [4.78, 5) is 15.0. The molecule has 0 aliphatic heterocycles. The summed E-state index contributed by atoms with van der Waals surface area (Å²) in [6.07, 6.45) is 0. The third-order valence-electron chi connectivity index (χ3n) is 13.0. The van der Waals surface area contributed by atoms with Gasteiger partial charge in [-0.1, -0.05) is 231 Å². The molecule has 1 aromatic heterocycles. The van der Waals surface area contributed by atoms with E-state index >= 15 is 0 Å². The van der Waals surface area contributed by atoms with E-state index in [2.05, 4.69) is 188 Å². The van der Waals surface area contributed by atoms with Gasteiger partial charge in [0.15, 0.2) is 17.5 Å². The molecule has 0 fully saturated rings. The molecule has 0 atom stereocenters. The molecule has 1 heterocycles. The van der Waals surface area contributed by atoms with Crippen molar-refractivity contribution < 1.29 is 0 Å². The lowest BCUT2D eigenvalue weighted by molar-refractivity contribution is 0.769. The van der Waals surface area contributed by atoms with Gasteiger partial charge in [-0.3, -0.25) is 0 Å². The lowest BCUT2D eigenvalue weighted by atomic mass is 9.67. The Balaban J connectivity index is 1.03. The first kappa shape index (κ1) is 38.2. The normalized spacial score (nSPS) is 12.4. The monoisotopic (exact) mass is 827 g/mol. The fourth-order valence-corrected chi connectivity index (χ4v) is 10.0. The standard InChI is InChI=1S/C62H41N3/c1-5-20-45(21-6-1)59-63-60(46-22-7-2-8-23-46)65-61(64-59)48-26-17-25-47(39-48)42-35-37-44(38-36-42)54-41-58-56(40-55(54)52-33-18-24-43-19-13-14-31-51(43)52)53-32-15-16-34-57(53)62(58,49-27-9-3-10-28-49)50-29-11-4-12-30-50/h1-41H. The van der Waals surface area contributed by atoms with Crippen molar-refractivity contribution in [2.24, 2.45) is 0 Å². The highest BCUT2D eigenvalue weighted by molar-refractivity contribution is 6.03.